The maximum atomic E-state index is 12.1. The van der Waals surface area contributed by atoms with Crippen molar-refractivity contribution in [3.05, 3.63) is 29.3 Å². The first kappa shape index (κ1) is 15.6. The topological polar surface area (TPSA) is 90.9 Å². The van der Waals surface area contributed by atoms with Crippen LogP contribution in [0.25, 0.3) is 0 Å². The molecule has 0 radical (unpaired) electrons. The highest BCUT2D eigenvalue weighted by Gasteiger charge is 2.36. The number of aliphatic hydroxyl groups is 1. The standard InChI is InChI=1S/C16H21N3O4/c1-23-12-4-5-13-11(9-12)3-2-6-16(13,22)10-18-15(21)19-8-7-17-14(19)20/h4-5,9,22H,2-3,6-8,10H2,1H3,(H,17,20)(H,18,21). The Balaban J connectivity index is 1.73. The minimum atomic E-state index is -1.12. The van der Waals surface area contributed by atoms with Crippen LogP contribution < -0.4 is 15.4 Å². The maximum absolute atomic E-state index is 12.1. The number of nitrogens with one attached hydrogen (secondary N) is 2. The van der Waals surface area contributed by atoms with E-state index in [1.54, 1.807) is 7.11 Å². The van der Waals surface area contributed by atoms with E-state index in [1.165, 1.54) is 0 Å². The Morgan fingerprint density at radius 3 is 3.04 bits per heavy atom. The lowest BCUT2D eigenvalue weighted by molar-refractivity contribution is 0.0209. The molecule has 1 aliphatic carbocycles. The predicted molar refractivity (Wildman–Crippen MR) is 83.3 cm³/mol. The molecule has 23 heavy (non-hydrogen) atoms. The first-order valence-electron chi connectivity index (χ1n) is 7.76. The van der Waals surface area contributed by atoms with Gasteiger partial charge >= 0.3 is 12.1 Å². The van der Waals surface area contributed by atoms with E-state index in [0.29, 0.717) is 19.5 Å². The summed E-state index contributed by atoms with van der Waals surface area (Å²) in [6, 6.07) is 4.71. The van der Waals surface area contributed by atoms with Crippen LogP contribution in [0.3, 0.4) is 0 Å². The average molecular weight is 319 g/mol. The Morgan fingerprint density at radius 1 is 1.52 bits per heavy atom. The second-order valence-electron chi connectivity index (χ2n) is 5.95. The SMILES string of the molecule is COc1ccc2c(c1)CCCC2(O)CNC(=O)N1CCNC1=O. The van der Waals surface area contributed by atoms with Crippen LogP contribution in [0.15, 0.2) is 18.2 Å². The number of carbonyl (C=O) groups is 2. The van der Waals surface area contributed by atoms with Gasteiger partial charge in [0.25, 0.3) is 0 Å². The third-order valence-electron chi connectivity index (χ3n) is 4.48. The number of hydrogen-bond acceptors (Lipinski definition) is 4. The van der Waals surface area contributed by atoms with Gasteiger partial charge in [0.05, 0.1) is 13.7 Å². The van der Waals surface area contributed by atoms with Gasteiger partial charge < -0.3 is 20.5 Å². The van der Waals surface area contributed by atoms with Crippen LogP contribution in [0.5, 0.6) is 5.75 Å². The Labute approximate surface area is 134 Å². The number of hydrogen-bond donors (Lipinski definition) is 3. The summed E-state index contributed by atoms with van der Waals surface area (Å²) >= 11 is 0. The highest BCUT2D eigenvalue weighted by atomic mass is 16.5. The molecular weight excluding hydrogens is 298 g/mol. The first-order valence-corrected chi connectivity index (χ1v) is 7.76. The Bertz CT molecular complexity index is 634. The van der Waals surface area contributed by atoms with Crippen molar-refractivity contribution >= 4 is 12.1 Å². The van der Waals surface area contributed by atoms with E-state index in [4.69, 9.17) is 4.74 Å². The van der Waals surface area contributed by atoms with Crippen molar-refractivity contribution in [1.82, 2.24) is 15.5 Å². The molecule has 1 aromatic carbocycles. The summed E-state index contributed by atoms with van der Waals surface area (Å²) in [5, 5.41) is 16.2. The van der Waals surface area contributed by atoms with E-state index in [2.05, 4.69) is 10.6 Å². The molecule has 1 unspecified atom stereocenters. The van der Waals surface area contributed by atoms with Crippen molar-refractivity contribution in [2.45, 2.75) is 24.9 Å². The van der Waals surface area contributed by atoms with Crippen molar-refractivity contribution < 1.29 is 19.4 Å². The van der Waals surface area contributed by atoms with E-state index in [1.807, 2.05) is 18.2 Å². The number of fused-ring (bicyclic) bond motifs is 1. The molecule has 4 amide bonds. The molecule has 1 atom stereocenters. The number of benzene rings is 1. The van der Waals surface area contributed by atoms with Crippen LogP contribution in [0, 0.1) is 0 Å². The maximum Gasteiger partial charge on any atom is 0.325 e. The lowest BCUT2D eigenvalue weighted by atomic mass is 9.79. The highest BCUT2D eigenvalue weighted by Crippen LogP contribution is 2.36. The Morgan fingerprint density at radius 2 is 2.35 bits per heavy atom. The molecule has 3 rings (SSSR count). The molecule has 1 heterocycles. The second-order valence-corrected chi connectivity index (χ2v) is 5.95. The van der Waals surface area contributed by atoms with E-state index in [9.17, 15) is 14.7 Å². The summed E-state index contributed by atoms with van der Waals surface area (Å²) in [5.41, 5.74) is 0.730. The van der Waals surface area contributed by atoms with Gasteiger partial charge in [-0.05, 0) is 42.5 Å². The van der Waals surface area contributed by atoms with Gasteiger partial charge in [-0.2, -0.15) is 0 Å². The van der Waals surface area contributed by atoms with Crippen LogP contribution >= 0.6 is 0 Å². The van der Waals surface area contributed by atoms with Gasteiger partial charge in [-0.3, -0.25) is 0 Å². The van der Waals surface area contributed by atoms with Gasteiger partial charge in [0, 0.05) is 13.1 Å². The van der Waals surface area contributed by atoms with Gasteiger partial charge in [0.15, 0.2) is 0 Å². The first-order chi connectivity index (χ1) is 11.0. The highest BCUT2D eigenvalue weighted by molar-refractivity contribution is 5.94. The summed E-state index contributed by atoms with van der Waals surface area (Å²) in [6.07, 6.45) is 2.27. The van der Waals surface area contributed by atoms with Gasteiger partial charge in [0.2, 0.25) is 0 Å². The Kier molecular flexibility index (Phi) is 4.12. The summed E-state index contributed by atoms with van der Waals surface area (Å²) in [5.74, 6) is 0.755. The fraction of sp³-hybridized carbons (Fsp3) is 0.500. The van der Waals surface area contributed by atoms with Crippen molar-refractivity contribution in [3.8, 4) is 5.75 Å². The van der Waals surface area contributed by atoms with E-state index in [-0.39, 0.29) is 6.54 Å². The van der Waals surface area contributed by atoms with Crippen LogP contribution in [-0.2, 0) is 12.0 Å². The molecular formula is C16H21N3O4. The lowest BCUT2D eigenvalue weighted by Crippen LogP contribution is -2.48. The van der Waals surface area contributed by atoms with Crippen molar-refractivity contribution in [2.24, 2.45) is 0 Å². The predicted octanol–water partition coefficient (Wildman–Crippen LogP) is 0.954. The van der Waals surface area contributed by atoms with Crippen LogP contribution in [0.1, 0.15) is 24.0 Å². The van der Waals surface area contributed by atoms with E-state index >= 15 is 0 Å². The second kappa shape index (κ2) is 6.08. The smallest absolute Gasteiger partial charge is 0.325 e. The zero-order chi connectivity index (χ0) is 16.4. The van der Waals surface area contributed by atoms with Gasteiger partial charge in [0.1, 0.15) is 11.4 Å². The van der Waals surface area contributed by atoms with Gasteiger partial charge in [-0.15, -0.1) is 0 Å². The quantitative estimate of drug-likeness (QED) is 0.774. The number of amides is 4. The third kappa shape index (κ3) is 2.96. The molecule has 2 aliphatic rings. The van der Waals surface area contributed by atoms with Gasteiger partial charge in [-0.1, -0.05) is 6.07 Å². The molecule has 0 aromatic heterocycles. The molecule has 1 saturated heterocycles. The molecule has 0 spiro atoms. The molecule has 7 heteroatoms. The minimum Gasteiger partial charge on any atom is -0.497 e. The summed E-state index contributed by atoms with van der Waals surface area (Å²) < 4.78 is 5.22. The molecule has 0 bridgehead atoms. The summed E-state index contributed by atoms with van der Waals surface area (Å²) in [7, 11) is 1.61. The zero-order valence-electron chi connectivity index (χ0n) is 13.1. The number of imide groups is 1. The fourth-order valence-corrected chi connectivity index (χ4v) is 3.23. The number of nitrogens with zero attached hydrogens (tertiary/aromatic N) is 1. The summed E-state index contributed by atoms with van der Waals surface area (Å²) in [4.78, 5) is 24.7. The normalized spacial score (nSPS) is 23.2. The number of urea groups is 2. The molecule has 7 nitrogen and oxygen atoms in total. The molecule has 0 saturated carbocycles. The zero-order valence-corrected chi connectivity index (χ0v) is 13.1. The molecule has 1 fully saturated rings. The van der Waals surface area contributed by atoms with Crippen molar-refractivity contribution in [3.63, 3.8) is 0 Å². The monoisotopic (exact) mass is 319 g/mol. The van der Waals surface area contributed by atoms with Gasteiger partial charge in [-0.25, -0.2) is 14.5 Å². The molecule has 124 valence electrons. The Hall–Kier alpha value is -2.28. The van der Waals surface area contributed by atoms with E-state index < -0.39 is 17.7 Å². The van der Waals surface area contributed by atoms with E-state index in [0.717, 1.165) is 34.6 Å². The van der Waals surface area contributed by atoms with Crippen molar-refractivity contribution in [1.29, 1.82) is 0 Å². The lowest BCUT2D eigenvalue weighted by Gasteiger charge is -2.35. The van der Waals surface area contributed by atoms with Crippen LogP contribution in [-0.4, -0.2) is 48.8 Å². The molecule has 1 aliphatic heterocycles. The van der Waals surface area contributed by atoms with Crippen LogP contribution in [0.4, 0.5) is 9.59 Å². The number of aryl methyl sites for hydroxylation is 1. The number of methoxy groups -OCH3 is 1. The number of ether oxygens (including phenoxy) is 1. The van der Waals surface area contributed by atoms with Crippen molar-refractivity contribution in [2.75, 3.05) is 26.7 Å². The molecule has 1 aromatic rings. The summed E-state index contributed by atoms with van der Waals surface area (Å²) in [6.45, 7) is 0.880. The fourth-order valence-electron chi connectivity index (χ4n) is 3.23. The third-order valence-corrected chi connectivity index (χ3v) is 4.48. The average Bonchev–Trinajstić information content (AvgIpc) is 2.99. The van der Waals surface area contributed by atoms with Crippen LogP contribution in [0.2, 0.25) is 0 Å². The number of carbonyl (C=O) groups excluding carboxylic acids is 2. The molecule has 3 N–H and O–H groups in total. The minimum absolute atomic E-state index is 0.0783. The largest absolute Gasteiger partial charge is 0.497 e. The number of rotatable bonds is 3.